The van der Waals surface area contributed by atoms with Crippen LogP contribution in [0.5, 0.6) is 11.5 Å². The highest BCUT2D eigenvalue weighted by atomic mass is 32.2. The first-order valence-corrected chi connectivity index (χ1v) is 11.8. The smallest absolute Gasteiger partial charge is 0.229 e. The number of aromatic nitrogens is 3. The standard InChI is InChI=1S/C21H21N3O4S2/c1-4-24-17-8-6-5-7-16(17)23-21(24)30(25,26)13-15-12-29-20(22-15)14-9-10-18(27-2)19(11-14)28-3/h5-12H,4,13H2,1-3H3. The van der Waals surface area contributed by atoms with Gasteiger partial charge in [-0.05, 0) is 37.3 Å². The Bertz CT molecular complexity index is 1310. The molecule has 7 nitrogen and oxygen atoms in total. The second-order valence-electron chi connectivity index (χ2n) is 6.60. The summed E-state index contributed by atoms with van der Waals surface area (Å²) >= 11 is 1.39. The molecule has 0 aliphatic rings. The number of imidazole rings is 1. The summed E-state index contributed by atoms with van der Waals surface area (Å²) in [7, 11) is -0.511. The summed E-state index contributed by atoms with van der Waals surface area (Å²) in [6.07, 6.45) is 0. The van der Waals surface area contributed by atoms with Crippen LogP contribution >= 0.6 is 11.3 Å². The highest BCUT2D eigenvalue weighted by molar-refractivity contribution is 7.90. The summed E-state index contributed by atoms with van der Waals surface area (Å²) in [5, 5.41) is 2.56. The van der Waals surface area contributed by atoms with Crippen molar-refractivity contribution in [2.45, 2.75) is 24.4 Å². The van der Waals surface area contributed by atoms with Crippen LogP contribution in [0.1, 0.15) is 12.6 Å². The Morgan fingerprint density at radius 3 is 2.53 bits per heavy atom. The predicted molar refractivity (Wildman–Crippen MR) is 117 cm³/mol. The lowest BCUT2D eigenvalue weighted by Gasteiger charge is -2.08. The number of thiazole rings is 1. The maximum atomic E-state index is 13.1. The van der Waals surface area contributed by atoms with Crippen molar-refractivity contribution in [3.63, 3.8) is 0 Å². The molecule has 156 valence electrons. The van der Waals surface area contributed by atoms with Gasteiger partial charge >= 0.3 is 0 Å². The van der Waals surface area contributed by atoms with Gasteiger partial charge in [-0.1, -0.05) is 12.1 Å². The van der Waals surface area contributed by atoms with E-state index in [0.29, 0.717) is 34.3 Å². The summed E-state index contributed by atoms with van der Waals surface area (Å²) in [4.78, 5) is 8.92. The van der Waals surface area contributed by atoms with E-state index in [1.807, 2.05) is 43.3 Å². The van der Waals surface area contributed by atoms with E-state index < -0.39 is 9.84 Å². The maximum Gasteiger partial charge on any atom is 0.229 e. The first kappa shape index (κ1) is 20.4. The Kier molecular flexibility index (Phi) is 5.48. The van der Waals surface area contributed by atoms with Gasteiger partial charge in [0.2, 0.25) is 15.0 Å². The molecule has 0 amide bonds. The maximum absolute atomic E-state index is 13.1. The van der Waals surface area contributed by atoms with Gasteiger partial charge in [0.1, 0.15) is 10.8 Å². The van der Waals surface area contributed by atoms with Crippen LogP contribution in [0.2, 0.25) is 0 Å². The molecule has 0 bridgehead atoms. The first-order chi connectivity index (χ1) is 14.5. The average Bonchev–Trinajstić information content (AvgIpc) is 3.37. The minimum absolute atomic E-state index is 0.0758. The highest BCUT2D eigenvalue weighted by Crippen LogP contribution is 2.34. The molecule has 4 aromatic rings. The van der Waals surface area contributed by atoms with E-state index in [1.165, 1.54) is 11.3 Å². The molecule has 9 heteroatoms. The molecule has 0 saturated carbocycles. The van der Waals surface area contributed by atoms with Crippen molar-refractivity contribution in [3.05, 3.63) is 53.5 Å². The fourth-order valence-electron chi connectivity index (χ4n) is 3.33. The largest absolute Gasteiger partial charge is 0.493 e. The Morgan fingerprint density at radius 2 is 1.80 bits per heavy atom. The number of ether oxygens (including phenoxy) is 2. The van der Waals surface area contributed by atoms with E-state index in [2.05, 4.69) is 9.97 Å². The molecule has 30 heavy (non-hydrogen) atoms. The molecular formula is C21H21N3O4S2. The molecule has 0 aliphatic carbocycles. The van der Waals surface area contributed by atoms with Crippen molar-refractivity contribution in [1.82, 2.24) is 14.5 Å². The van der Waals surface area contributed by atoms with Crippen LogP contribution < -0.4 is 9.47 Å². The Hall–Kier alpha value is -2.91. The van der Waals surface area contributed by atoms with Crippen molar-refractivity contribution < 1.29 is 17.9 Å². The number of hydrogen-bond acceptors (Lipinski definition) is 7. The number of nitrogens with zero attached hydrogens (tertiary/aromatic N) is 3. The molecule has 0 fully saturated rings. The number of fused-ring (bicyclic) bond motifs is 1. The number of aryl methyl sites for hydroxylation is 1. The fraction of sp³-hybridized carbons (Fsp3) is 0.238. The second-order valence-corrected chi connectivity index (χ2v) is 9.34. The quantitative estimate of drug-likeness (QED) is 0.426. The van der Waals surface area contributed by atoms with Crippen molar-refractivity contribution in [1.29, 1.82) is 0 Å². The van der Waals surface area contributed by atoms with E-state index in [4.69, 9.17) is 9.47 Å². The summed E-state index contributed by atoms with van der Waals surface area (Å²) in [6, 6.07) is 12.9. The van der Waals surface area contributed by atoms with Gasteiger partial charge in [-0.3, -0.25) is 0 Å². The summed E-state index contributed by atoms with van der Waals surface area (Å²) in [5.41, 5.74) is 2.80. The van der Waals surface area contributed by atoms with Gasteiger partial charge in [-0.25, -0.2) is 18.4 Å². The lowest BCUT2D eigenvalue weighted by Crippen LogP contribution is -2.12. The number of rotatable bonds is 7. The van der Waals surface area contributed by atoms with Crippen LogP contribution in [0, 0.1) is 0 Å². The van der Waals surface area contributed by atoms with Gasteiger partial charge in [0.25, 0.3) is 0 Å². The molecule has 0 aliphatic heterocycles. The zero-order valence-corrected chi connectivity index (χ0v) is 18.5. The Balaban J connectivity index is 1.65. The molecule has 0 spiro atoms. The molecular weight excluding hydrogens is 422 g/mol. The SMILES string of the molecule is CCn1c(S(=O)(=O)Cc2csc(-c3ccc(OC)c(OC)c3)n2)nc2ccccc21. The molecule has 0 atom stereocenters. The van der Waals surface area contributed by atoms with Gasteiger partial charge in [-0.15, -0.1) is 11.3 Å². The lowest BCUT2D eigenvalue weighted by atomic mass is 10.2. The normalized spacial score (nSPS) is 11.7. The molecule has 2 aromatic carbocycles. The van der Waals surface area contributed by atoms with Gasteiger partial charge < -0.3 is 14.0 Å². The van der Waals surface area contributed by atoms with Gasteiger partial charge in [0.05, 0.1) is 30.9 Å². The van der Waals surface area contributed by atoms with Crippen LogP contribution in [0.25, 0.3) is 21.6 Å². The summed E-state index contributed by atoms with van der Waals surface area (Å²) in [5.74, 6) is 1.01. The van der Waals surface area contributed by atoms with Crippen LogP contribution in [-0.4, -0.2) is 37.2 Å². The molecule has 4 rings (SSSR count). The van der Waals surface area contributed by atoms with Crippen molar-refractivity contribution in [2.24, 2.45) is 0 Å². The van der Waals surface area contributed by atoms with E-state index in [0.717, 1.165) is 11.1 Å². The fourth-order valence-corrected chi connectivity index (χ4v) is 5.72. The van der Waals surface area contributed by atoms with Crippen molar-refractivity contribution in [3.8, 4) is 22.1 Å². The van der Waals surface area contributed by atoms with Gasteiger partial charge in [-0.2, -0.15) is 0 Å². The van der Waals surface area contributed by atoms with E-state index >= 15 is 0 Å². The van der Waals surface area contributed by atoms with Gasteiger partial charge in [0, 0.05) is 17.5 Å². The lowest BCUT2D eigenvalue weighted by molar-refractivity contribution is 0.355. The molecule has 0 N–H and O–H groups in total. The van der Waals surface area contributed by atoms with Crippen LogP contribution in [0.3, 0.4) is 0 Å². The molecule has 0 unspecified atom stereocenters. The highest BCUT2D eigenvalue weighted by Gasteiger charge is 2.25. The zero-order chi connectivity index (χ0) is 21.3. The Labute approximate surface area is 178 Å². The minimum Gasteiger partial charge on any atom is -0.493 e. The third-order valence-electron chi connectivity index (χ3n) is 4.73. The number of sulfone groups is 1. The Morgan fingerprint density at radius 1 is 1.03 bits per heavy atom. The van der Waals surface area contributed by atoms with E-state index in [-0.39, 0.29) is 10.9 Å². The molecule has 2 heterocycles. The number of methoxy groups -OCH3 is 2. The van der Waals surface area contributed by atoms with Gasteiger partial charge in [0.15, 0.2) is 11.5 Å². The van der Waals surface area contributed by atoms with Crippen molar-refractivity contribution in [2.75, 3.05) is 14.2 Å². The second kappa shape index (κ2) is 8.08. The van der Waals surface area contributed by atoms with Crippen molar-refractivity contribution >= 4 is 32.2 Å². The number of benzene rings is 2. The molecule has 0 saturated heterocycles. The van der Waals surface area contributed by atoms with E-state index in [9.17, 15) is 8.42 Å². The average molecular weight is 444 g/mol. The number of hydrogen-bond donors (Lipinski definition) is 0. The monoisotopic (exact) mass is 443 g/mol. The molecule has 0 radical (unpaired) electrons. The van der Waals surface area contributed by atoms with Crippen LogP contribution in [0.15, 0.2) is 53.0 Å². The molecule has 2 aromatic heterocycles. The summed E-state index contributed by atoms with van der Waals surface area (Å²) < 4.78 is 38.6. The van der Waals surface area contributed by atoms with Crippen LogP contribution in [-0.2, 0) is 22.1 Å². The third-order valence-corrected chi connectivity index (χ3v) is 7.22. The topological polar surface area (TPSA) is 83.3 Å². The third kappa shape index (κ3) is 3.66. The predicted octanol–water partition coefficient (Wildman–Crippen LogP) is 4.17. The van der Waals surface area contributed by atoms with Crippen LogP contribution in [0.4, 0.5) is 0 Å². The summed E-state index contributed by atoms with van der Waals surface area (Å²) in [6.45, 7) is 2.42. The first-order valence-electron chi connectivity index (χ1n) is 9.31. The number of para-hydroxylation sites is 2. The zero-order valence-electron chi connectivity index (χ0n) is 16.8. The van der Waals surface area contributed by atoms with E-state index in [1.54, 1.807) is 30.2 Å². The minimum atomic E-state index is -3.66.